The number of aliphatic hydroxyl groups excluding tert-OH is 1. The van der Waals surface area contributed by atoms with Crippen LogP contribution >= 0.6 is 0 Å². The number of aliphatic hydroxyl groups is 1. The number of aryl methyl sites for hydroxylation is 2. The van der Waals surface area contributed by atoms with Gasteiger partial charge in [0.15, 0.2) is 0 Å². The molecule has 108 valence electrons. The Morgan fingerprint density at radius 2 is 1.95 bits per heavy atom. The number of nitrogens with zero attached hydrogens (tertiary/aromatic N) is 4. The Bertz CT molecular complexity index is 438. The van der Waals surface area contributed by atoms with Crippen LogP contribution in [0.5, 0.6) is 0 Å². The molecule has 0 aliphatic heterocycles. The summed E-state index contributed by atoms with van der Waals surface area (Å²) in [5.74, 6) is 0.871. The molecule has 0 spiro atoms. The number of carbonyl (C=O) groups excluding carboxylic acids is 1. The Morgan fingerprint density at radius 3 is 2.42 bits per heavy atom. The molecule has 0 fully saturated rings. The molecular formula is C13H24N4O2. The van der Waals surface area contributed by atoms with Crippen LogP contribution in [-0.4, -0.2) is 52.4 Å². The average Bonchev–Trinajstić information content (AvgIpc) is 2.64. The Balaban J connectivity index is 2.89. The van der Waals surface area contributed by atoms with E-state index in [0.29, 0.717) is 13.1 Å². The summed E-state index contributed by atoms with van der Waals surface area (Å²) in [6.07, 6.45) is 0. The van der Waals surface area contributed by atoms with Gasteiger partial charge in [0.2, 0.25) is 5.91 Å². The van der Waals surface area contributed by atoms with E-state index in [1.54, 1.807) is 9.58 Å². The third kappa shape index (κ3) is 3.26. The molecule has 0 bridgehead atoms. The minimum Gasteiger partial charge on any atom is -0.391 e. The molecule has 0 atom stereocenters. The molecular weight excluding hydrogens is 244 g/mol. The summed E-state index contributed by atoms with van der Waals surface area (Å²) in [5.41, 5.74) is 1.57. The zero-order valence-corrected chi connectivity index (χ0v) is 12.5. The van der Waals surface area contributed by atoms with Gasteiger partial charge < -0.3 is 14.9 Å². The standard InChI is InChI=1S/C13H24N4O2/c1-6-17(7-2)12(19)8-15(4)13-11(9-18)10(3)14-16(13)5/h18H,6-9H2,1-5H3. The van der Waals surface area contributed by atoms with Gasteiger partial charge in [-0.15, -0.1) is 0 Å². The average molecular weight is 268 g/mol. The zero-order chi connectivity index (χ0) is 14.6. The van der Waals surface area contributed by atoms with Gasteiger partial charge in [0, 0.05) is 32.7 Å². The zero-order valence-electron chi connectivity index (χ0n) is 12.5. The van der Waals surface area contributed by atoms with E-state index in [-0.39, 0.29) is 19.1 Å². The topological polar surface area (TPSA) is 61.6 Å². The Labute approximate surface area is 114 Å². The maximum atomic E-state index is 12.1. The SMILES string of the molecule is CCN(CC)C(=O)CN(C)c1c(CO)c(C)nn1C. The Morgan fingerprint density at radius 1 is 1.37 bits per heavy atom. The first-order valence-electron chi connectivity index (χ1n) is 6.58. The number of anilines is 1. The number of carbonyl (C=O) groups is 1. The van der Waals surface area contributed by atoms with E-state index in [2.05, 4.69) is 5.10 Å². The highest BCUT2D eigenvalue weighted by Gasteiger charge is 2.19. The predicted octanol–water partition coefficient (Wildman–Crippen LogP) is 0.525. The second kappa shape index (κ2) is 6.56. The molecule has 19 heavy (non-hydrogen) atoms. The van der Waals surface area contributed by atoms with Crippen LogP contribution in [0.3, 0.4) is 0 Å². The highest BCUT2D eigenvalue weighted by atomic mass is 16.3. The summed E-state index contributed by atoms with van der Waals surface area (Å²) in [6.45, 7) is 7.42. The number of hydrogen-bond donors (Lipinski definition) is 1. The van der Waals surface area contributed by atoms with Crippen molar-refractivity contribution in [2.45, 2.75) is 27.4 Å². The molecule has 1 N–H and O–H groups in total. The van der Waals surface area contributed by atoms with E-state index in [0.717, 1.165) is 17.1 Å². The molecule has 1 amide bonds. The fraction of sp³-hybridized carbons (Fsp3) is 0.692. The Kier molecular flexibility index (Phi) is 5.35. The van der Waals surface area contributed by atoms with E-state index in [4.69, 9.17) is 0 Å². The third-order valence-corrected chi connectivity index (χ3v) is 3.32. The Hall–Kier alpha value is -1.56. The largest absolute Gasteiger partial charge is 0.391 e. The van der Waals surface area contributed by atoms with Gasteiger partial charge in [0.1, 0.15) is 5.82 Å². The normalized spacial score (nSPS) is 10.6. The van der Waals surface area contributed by atoms with Gasteiger partial charge in [-0.3, -0.25) is 9.48 Å². The van der Waals surface area contributed by atoms with Crippen LogP contribution in [0.25, 0.3) is 0 Å². The lowest BCUT2D eigenvalue weighted by molar-refractivity contribution is -0.129. The van der Waals surface area contributed by atoms with Crippen molar-refractivity contribution in [1.29, 1.82) is 0 Å². The van der Waals surface area contributed by atoms with Gasteiger partial charge in [-0.25, -0.2) is 0 Å². The first kappa shape index (κ1) is 15.5. The van der Waals surface area contributed by atoms with E-state index < -0.39 is 0 Å². The summed E-state index contributed by atoms with van der Waals surface area (Å²) in [6, 6.07) is 0. The quantitative estimate of drug-likeness (QED) is 0.817. The van der Waals surface area contributed by atoms with Gasteiger partial charge in [0.05, 0.1) is 18.8 Å². The predicted molar refractivity (Wildman–Crippen MR) is 75.1 cm³/mol. The number of amides is 1. The van der Waals surface area contributed by atoms with Crippen molar-refractivity contribution in [2.24, 2.45) is 7.05 Å². The lowest BCUT2D eigenvalue weighted by Gasteiger charge is -2.25. The highest BCUT2D eigenvalue weighted by molar-refractivity contribution is 5.81. The van der Waals surface area contributed by atoms with Gasteiger partial charge in [-0.2, -0.15) is 5.10 Å². The summed E-state index contributed by atoms with van der Waals surface area (Å²) >= 11 is 0. The molecule has 1 aromatic rings. The summed E-state index contributed by atoms with van der Waals surface area (Å²) < 4.78 is 1.70. The molecule has 1 heterocycles. The molecule has 6 heteroatoms. The van der Waals surface area contributed by atoms with Crippen LogP contribution in [-0.2, 0) is 18.4 Å². The second-order valence-electron chi connectivity index (χ2n) is 4.59. The summed E-state index contributed by atoms with van der Waals surface area (Å²) in [7, 11) is 3.66. The molecule has 0 saturated heterocycles. The minimum atomic E-state index is -0.0706. The molecule has 0 unspecified atom stereocenters. The van der Waals surface area contributed by atoms with E-state index in [1.807, 2.05) is 39.8 Å². The van der Waals surface area contributed by atoms with Gasteiger partial charge in [-0.05, 0) is 20.8 Å². The van der Waals surface area contributed by atoms with Crippen LogP contribution in [0.15, 0.2) is 0 Å². The fourth-order valence-electron chi connectivity index (χ4n) is 2.31. The van der Waals surface area contributed by atoms with Crippen LogP contribution in [0.4, 0.5) is 5.82 Å². The van der Waals surface area contributed by atoms with E-state index in [1.165, 1.54) is 0 Å². The van der Waals surface area contributed by atoms with Crippen molar-refractivity contribution in [2.75, 3.05) is 31.6 Å². The number of likely N-dealkylation sites (N-methyl/N-ethyl adjacent to an activating group) is 2. The first-order chi connectivity index (χ1) is 8.96. The molecule has 6 nitrogen and oxygen atoms in total. The van der Waals surface area contributed by atoms with Crippen molar-refractivity contribution in [3.05, 3.63) is 11.3 Å². The van der Waals surface area contributed by atoms with Crippen molar-refractivity contribution >= 4 is 11.7 Å². The molecule has 0 aromatic carbocycles. The highest BCUT2D eigenvalue weighted by Crippen LogP contribution is 2.22. The van der Waals surface area contributed by atoms with Crippen molar-refractivity contribution in [3.63, 3.8) is 0 Å². The fourth-order valence-corrected chi connectivity index (χ4v) is 2.31. The number of aromatic nitrogens is 2. The molecule has 0 aliphatic rings. The van der Waals surface area contributed by atoms with Crippen molar-refractivity contribution in [3.8, 4) is 0 Å². The third-order valence-electron chi connectivity index (χ3n) is 3.32. The van der Waals surface area contributed by atoms with Crippen LogP contribution in [0.1, 0.15) is 25.1 Å². The number of hydrogen-bond acceptors (Lipinski definition) is 4. The van der Waals surface area contributed by atoms with Gasteiger partial charge >= 0.3 is 0 Å². The number of rotatable bonds is 6. The smallest absolute Gasteiger partial charge is 0.242 e. The van der Waals surface area contributed by atoms with Crippen molar-refractivity contribution < 1.29 is 9.90 Å². The maximum absolute atomic E-state index is 12.1. The van der Waals surface area contributed by atoms with Crippen molar-refractivity contribution in [1.82, 2.24) is 14.7 Å². The molecule has 1 rings (SSSR count). The lowest BCUT2D eigenvalue weighted by atomic mass is 10.2. The maximum Gasteiger partial charge on any atom is 0.242 e. The van der Waals surface area contributed by atoms with E-state index in [9.17, 15) is 9.90 Å². The van der Waals surface area contributed by atoms with Crippen LogP contribution < -0.4 is 4.90 Å². The molecule has 0 saturated carbocycles. The first-order valence-corrected chi connectivity index (χ1v) is 6.58. The molecule has 0 aliphatic carbocycles. The molecule has 1 aromatic heterocycles. The lowest BCUT2D eigenvalue weighted by Crippen LogP contribution is -2.39. The minimum absolute atomic E-state index is 0.0706. The summed E-state index contributed by atoms with van der Waals surface area (Å²) in [5, 5.41) is 13.7. The van der Waals surface area contributed by atoms with Gasteiger partial charge in [0.25, 0.3) is 0 Å². The van der Waals surface area contributed by atoms with Crippen LogP contribution in [0.2, 0.25) is 0 Å². The summed E-state index contributed by atoms with van der Waals surface area (Å²) in [4.78, 5) is 15.7. The van der Waals surface area contributed by atoms with E-state index >= 15 is 0 Å². The monoisotopic (exact) mass is 268 g/mol. The molecule has 0 radical (unpaired) electrons. The van der Waals surface area contributed by atoms with Gasteiger partial charge in [-0.1, -0.05) is 0 Å². The second-order valence-corrected chi connectivity index (χ2v) is 4.59. The van der Waals surface area contributed by atoms with Crippen LogP contribution in [0, 0.1) is 6.92 Å².